The molecule has 7 rings (SSSR count). The van der Waals surface area contributed by atoms with Crippen molar-refractivity contribution in [2.45, 2.75) is 53.5 Å². The number of carboxylic acid groups (broad SMARTS) is 1. The second-order valence-electron chi connectivity index (χ2n) is 13.2. The standard InChI is InChI=1S/C39H37Cl2N5O6/c1-19-12-26(13-20(2)34(19)41)52-11-7-8-27-28-9-10-29(40)33(32-22(4)42-18-43-23(32)5)36(28)45-21(3)17-44(38(48)37(27)45)30-16-25(47)14-24-15-31(39(49)50)46(51-6)35(24)30/h9-10,12-16,18,21,47H,7-8,11,17H2,1-6H3,(H,49,50)/t21-/m1/s1. The summed E-state index contributed by atoms with van der Waals surface area (Å²) in [6, 6.07) is 11.7. The van der Waals surface area contributed by atoms with Gasteiger partial charge >= 0.3 is 5.97 Å². The minimum Gasteiger partial charge on any atom is -0.508 e. The van der Waals surface area contributed by atoms with Gasteiger partial charge in [0.15, 0.2) is 5.69 Å². The fourth-order valence-corrected chi connectivity index (χ4v) is 7.94. The number of nitrogens with zero attached hydrogens (tertiary/aromatic N) is 5. The number of carboxylic acids is 1. The van der Waals surface area contributed by atoms with E-state index < -0.39 is 5.97 Å². The normalized spacial score (nSPS) is 14.3. The number of carbonyl (C=O) groups is 2. The number of aromatic nitrogens is 4. The molecule has 52 heavy (non-hydrogen) atoms. The Hall–Kier alpha value is -5.26. The van der Waals surface area contributed by atoms with Gasteiger partial charge in [-0.05, 0) is 94.5 Å². The van der Waals surface area contributed by atoms with Crippen LogP contribution in [-0.4, -0.2) is 61.6 Å². The molecule has 0 spiro atoms. The van der Waals surface area contributed by atoms with Gasteiger partial charge in [-0.1, -0.05) is 29.3 Å². The van der Waals surface area contributed by atoms with E-state index in [9.17, 15) is 15.0 Å². The van der Waals surface area contributed by atoms with Crippen LogP contribution in [0.25, 0.3) is 32.9 Å². The average molecular weight is 743 g/mol. The Morgan fingerprint density at radius 1 is 0.981 bits per heavy atom. The van der Waals surface area contributed by atoms with E-state index in [2.05, 4.69) is 14.5 Å². The van der Waals surface area contributed by atoms with E-state index in [0.29, 0.717) is 51.8 Å². The summed E-state index contributed by atoms with van der Waals surface area (Å²) in [5, 5.41) is 23.2. The summed E-state index contributed by atoms with van der Waals surface area (Å²) in [5.41, 5.74) is 7.55. The zero-order chi connectivity index (χ0) is 37.2. The van der Waals surface area contributed by atoms with Crippen molar-refractivity contribution in [2.24, 2.45) is 0 Å². The van der Waals surface area contributed by atoms with Crippen molar-refractivity contribution >= 4 is 62.6 Å². The summed E-state index contributed by atoms with van der Waals surface area (Å²) >= 11 is 13.4. The van der Waals surface area contributed by atoms with Gasteiger partial charge in [-0.2, -0.15) is 4.73 Å². The lowest BCUT2D eigenvalue weighted by Gasteiger charge is -2.35. The van der Waals surface area contributed by atoms with Crippen LogP contribution in [0, 0.1) is 27.7 Å². The third-order valence-electron chi connectivity index (χ3n) is 9.79. The zero-order valence-electron chi connectivity index (χ0n) is 29.5. The van der Waals surface area contributed by atoms with E-state index in [4.69, 9.17) is 32.8 Å². The number of hydrogen-bond donors (Lipinski definition) is 2. The number of hydrogen-bond acceptors (Lipinski definition) is 7. The number of carbonyl (C=O) groups excluding carboxylic acids is 1. The van der Waals surface area contributed by atoms with Gasteiger partial charge in [-0.25, -0.2) is 14.8 Å². The molecule has 0 aliphatic carbocycles. The maximum atomic E-state index is 15.0. The third-order valence-corrected chi connectivity index (χ3v) is 10.7. The van der Waals surface area contributed by atoms with Crippen molar-refractivity contribution in [2.75, 3.05) is 25.2 Å². The van der Waals surface area contributed by atoms with Crippen molar-refractivity contribution < 1.29 is 29.4 Å². The Morgan fingerprint density at radius 3 is 2.33 bits per heavy atom. The van der Waals surface area contributed by atoms with Crippen LogP contribution in [0.2, 0.25) is 10.0 Å². The van der Waals surface area contributed by atoms with E-state index >= 15 is 4.79 Å². The molecule has 0 fully saturated rings. The summed E-state index contributed by atoms with van der Waals surface area (Å²) in [7, 11) is 1.36. The molecule has 0 saturated heterocycles. The highest BCUT2D eigenvalue weighted by Crippen LogP contribution is 2.46. The highest BCUT2D eigenvalue weighted by molar-refractivity contribution is 6.35. The molecule has 3 aromatic carbocycles. The average Bonchev–Trinajstić information content (AvgIpc) is 3.64. The summed E-state index contributed by atoms with van der Waals surface area (Å²) in [4.78, 5) is 43.3. The number of anilines is 1. The first-order valence-electron chi connectivity index (χ1n) is 16.8. The maximum absolute atomic E-state index is 15.0. The second-order valence-corrected chi connectivity index (χ2v) is 14.0. The Labute approximate surface area is 309 Å². The molecule has 6 aromatic rings. The minimum atomic E-state index is -1.21. The van der Waals surface area contributed by atoms with Crippen LogP contribution in [0.15, 0.2) is 48.8 Å². The number of phenolic OH excluding ortho intramolecular Hbond substituents is 1. The number of fused-ring (bicyclic) bond motifs is 4. The minimum absolute atomic E-state index is 0.117. The van der Waals surface area contributed by atoms with Gasteiger partial charge in [0.25, 0.3) is 5.91 Å². The first-order chi connectivity index (χ1) is 24.8. The number of amides is 1. The van der Waals surface area contributed by atoms with E-state index in [1.165, 1.54) is 36.4 Å². The molecule has 0 bridgehead atoms. The lowest BCUT2D eigenvalue weighted by molar-refractivity contribution is 0.0645. The molecule has 11 nitrogen and oxygen atoms in total. The molecule has 2 N–H and O–H groups in total. The Kier molecular flexibility index (Phi) is 9.04. The predicted octanol–water partition coefficient (Wildman–Crippen LogP) is 8.29. The number of aromatic hydroxyl groups is 1. The number of rotatable bonds is 9. The number of phenols is 1. The van der Waals surface area contributed by atoms with Crippen LogP contribution < -0.4 is 14.5 Å². The first-order valence-corrected chi connectivity index (χ1v) is 17.6. The molecule has 0 unspecified atom stereocenters. The highest BCUT2D eigenvalue weighted by Gasteiger charge is 2.38. The van der Waals surface area contributed by atoms with Gasteiger partial charge in [0.05, 0.1) is 22.8 Å². The Balaban J connectivity index is 1.40. The van der Waals surface area contributed by atoms with E-state index in [-0.39, 0.29) is 29.9 Å². The van der Waals surface area contributed by atoms with Crippen LogP contribution in [-0.2, 0) is 6.42 Å². The number of halogens is 2. The molecule has 13 heteroatoms. The maximum Gasteiger partial charge on any atom is 0.356 e. The Morgan fingerprint density at radius 2 is 1.67 bits per heavy atom. The molecule has 1 aliphatic rings. The van der Waals surface area contributed by atoms with Gasteiger partial charge in [-0.15, -0.1) is 0 Å². The topological polar surface area (TPSA) is 132 Å². The summed E-state index contributed by atoms with van der Waals surface area (Å²) in [5.74, 6) is -0.928. The summed E-state index contributed by atoms with van der Waals surface area (Å²) in [6.07, 6.45) is 2.61. The lowest BCUT2D eigenvalue weighted by Crippen LogP contribution is -2.43. The smallest absolute Gasteiger partial charge is 0.356 e. The zero-order valence-corrected chi connectivity index (χ0v) is 31.1. The molecular weight excluding hydrogens is 705 g/mol. The molecule has 1 aliphatic heterocycles. The first kappa shape index (κ1) is 35.2. The quantitative estimate of drug-likeness (QED) is 0.142. The molecule has 1 atom stereocenters. The van der Waals surface area contributed by atoms with Crippen LogP contribution in [0.5, 0.6) is 11.5 Å². The van der Waals surface area contributed by atoms with Crippen molar-refractivity contribution in [1.29, 1.82) is 0 Å². The number of aromatic carboxylic acids is 1. The van der Waals surface area contributed by atoms with Crippen LogP contribution in [0.3, 0.4) is 0 Å². The lowest BCUT2D eigenvalue weighted by atomic mass is 9.97. The van der Waals surface area contributed by atoms with E-state index in [1.54, 1.807) is 4.90 Å². The van der Waals surface area contributed by atoms with Gasteiger partial charge in [-0.3, -0.25) is 4.79 Å². The monoisotopic (exact) mass is 741 g/mol. The summed E-state index contributed by atoms with van der Waals surface area (Å²) in [6.45, 7) is 10.3. The Bertz CT molecular complexity index is 2410. The van der Waals surface area contributed by atoms with Gasteiger partial charge in [0.2, 0.25) is 0 Å². The number of aryl methyl sites for hydroxylation is 5. The van der Waals surface area contributed by atoms with Crippen molar-refractivity contribution in [1.82, 2.24) is 19.3 Å². The molecule has 1 amide bonds. The largest absolute Gasteiger partial charge is 0.508 e. The van der Waals surface area contributed by atoms with Gasteiger partial charge in [0.1, 0.15) is 36.1 Å². The molecule has 4 heterocycles. The molecule has 268 valence electrons. The van der Waals surface area contributed by atoms with E-state index in [0.717, 1.165) is 55.9 Å². The number of benzene rings is 3. The number of ether oxygens (including phenoxy) is 1. The summed E-state index contributed by atoms with van der Waals surface area (Å²) < 4.78 is 9.41. The SMILES string of the molecule is COn1c(C(=O)O)cc2cc(O)cc(N3C[C@@H](C)n4c(c(CCCOc5cc(C)c(Cl)c(C)c5)c5ccc(Cl)c(-c6c(C)ncnc6C)c54)C3=O)c21. The highest BCUT2D eigenvalue weighted by atomic mass is 35.5. The van der Waals surface area contributed by atoms with Crippen LogP contribution in [0.4, 0.5) is 5.69 Å². The molecule has 0 radical (unpaired) electrons. The van der Waals surface area contributed by atoms with Crippen molar-refractivity contribution in [3.8, 4) is 22.6 Å². The molecule has 0 saturated carbocycles. The van der Waals surface area contributed by atoms with Crippen LogP contribution in [0.1, 0.15) is 68.4 Å². The molecule has 3 aromatic heterocycles. The van der Waals surface area contributed by atoms with Crippen molar-refractivity contribution in [3.05, 3.63) is 98.3 Å². The molecular formula is C39H37Cl2N5O6. The van der Waals surface area contributed by atoms with Gasteiger partial charge in [0, 0.05) is 57.0 Å². The van der Waals surface area contributed by atoms with Crippen LogP contribution >= 0.6 is 23.2 Å². The third kappa shape index (κ3) is 5.68. The van der Waals surface area contributed by atoms with Gasteiger partial charge < -0.3 is 29.3 Å². The van der Waals surface area contributed by atoms with E-state index in [1.807, 2.05) is 58.9 Å². The van der Waals surface area contributed by atoms with Crippen molar-refractivity contribution in [3.63, 3.8) is 0 Å². The predicted molar refractivity (Wildman–Crippen MR) is 202 cm³/mol. The fourth-order valence-electron chi connectivity index (χ4n) is 7.58. The fraction of sp³-hybridized carbons (Fsp3) is 0.282. The second kappa shape index (κ2) is 13.4.